The molecule has 5 nitrogen and oxygen atoms in total. The molecule has 0 radical (unpaired) electrons. The molecule has 0 aliphatic carbocycles. The van der Waals surface area contributed by atoms with Crippen LogP contribution in [0.3, 0.4) is 0 Å². The molecule has 0 unspecified atom stereocenters. The van der Waals surface area contributed by atoms with Crippen molar-refractivity contribution < 1.29 is 13.2 Å². The van der Waals surface area contributed by atoms with Gasteiger partial charge in [0.25, 0.3) is 10.0 Å². The number of para-hydroxylation sites is 1. The zero-order valence-electron chi connectivity index (χ0n) is 12.5. The molecule has 2 aromatic rings. The summed E-state index contributed by atoms with van der Waals surface area (Å²) in [6.45, 7) is 3.96. The van der Waals surface area contributed by atoms with E-state index in [0.29, 0.717) is 12.3 Å². The van der Waals surface area contributed by atoms with E-state index in [1.54, 1.807) is 31.2 Å². The molecule has 0 heterocycles. The highest BCUT2D eigenvalue weighted by Gasteiger charge is 2.15. The lowest BCUT2D eigenvalue weighted by Gasteiger charge is -2.10. The quantitative estimate of drug-likeness (QED) is 0.694. The van der Waals surface area contributed by atoms with Gasteiger partial charge in [-0.25, -0.2) is 0 Å². The first-order valence-corrected chi connectivity index (χ1v) is 8.32. The van der Waals surface area contributed by atoms with E-state index in [-0.39, 0.29) is 10.9 Å². The van der Waals surface area contributed by atoms with Crippen molar-refractivity contribution in [1.29, 1.82) is 0 Å². The minimum absolute atomic E-state index is 0.0470. The standard InChI is InChI=1S/C16H18N2O3S/c1-3-21-16(17-14-7-5-4-6-8-14)18-22(19,20)15-11-9-13(2)10-12-15/h4-12H,3H2,1-2H3,(H,17,18). The topological polar surface area (TPSA) is 67.8 Å². The summed E-state index contributed by atoms with van der Waals surface area (Å²) < 4.78 is 33.7. The minimum Gasteiger partial charge on any atom is -0.465 e. The van der Waals surface area contributed by atoms with Crippen molar-refractivity contribution in [3.05, 3.63) is 60.2 Å². The lowest BCUT2D eigenvalue weighted by atomic mass is 10.2. The molecule has 0 bridgehead atoms. The Morgan fingerprint density at radius 1 is 1.09 bits per heavy atom. The third kappa shape index (κ3) is 4.33. The molecular formula is C16H18N2O3S. The Morgan fingerprint density at radius 3 is 2.32 bits per heavy atom. The number of rotatable bonds is 4. The van der Waals surface area contributed by atoms with Gasteiger partial charge in [0, 0.05) is 5.69 Å². The molecule has 0 atom stereocenters. The summed E-state index contributed by atoms with van der Waals surface area (Å²) in [4.78, 5) is 0.130. The number of ether oxygens (including phenoxy) is 1. The van der Waals surface area contributed by atoms with Crippen LogP contribution in [0.25, 0.3) is 0 Å². The van der Waals surface area contributed by atoms with Crippen molar-refractivity contribution in [2.75, 3.05) is 11.9 Å². The number of amidine groups is 1. The van der Waals surface area contributed by atoms with Crippen LogP contribution in [0.5, 0.6) is 0 Å². The largest absolute Gasteiger partial charge is 0.465 e. The van der Waals surface area contributed by atoms with Crippen LogP contribution in [-0.4, -0.2) is 21.0 Å². The predicted molar refractivity (Wildman–Crippen MR) is 87.5 cm³/mol. The predicted octanol–water partition coefficient (Wildman–Crippen LogP) is 3.19. The number of hydrogen-bond acceptors (Lipinski definition) is 3. The van der Waals surface area contributed by atoms with Gasteiger partial charge in [-0.15, -0.1) is 4.40 Å². The summed E-state index contributed by atoms with van der Waals surface area (Å²) >= 11 is 0. The van der Waals surface area contributed by atoms with Gasteiger partial charge in [-0.05, 0) is 38.1 Å². The fourth-order valence-corrected chi connectivity index (χ4v) is 2.64. The van der Waals surface area contributed by atoms with Crippen LogP contribution in [0, 0.1) is 6.92 Å². The average Bonchev–Trinajstić information content (AvgIpc) is 2.48. The summed E-state index contributed by atoms with van der Waals surface area (Å²) in [5.41, 5.74) is 1.68. The molecule has 0 amide bonds. The molecule has 0 aliphatic heterocycles. The maximum Gasteiger partial charge on any atom is 0.305 e. The molecule has 0 aliphatic rings. The smallest absolute Gasteiger partial charge is 0.305 e. The first-order chi connectivity index (χ1) is 10.5. The molecule has 2 rings (SSSR count). The molecule has 0 fully saturated rings. The van der Waals surface area contributed by atoms with Crippen molar-refractivity contribution in [3.8, 4) is 0 Å². The number of anilines is 1. The summed E-state index contributed by atoms with van der Waals surface area (Å²) in [5, 5.41) is 2.87. The fourth-order valence-electron chi connectivity index (χ4n) is 1.74. The molecule has 0 saturated carbocycles. The summed E-state index contributed by atoms with van der Waals surface area (Å²) in [6.07, 6.45) is 0. The van der Waals surface area contributed by atoms with Gasteiger partial charge in [0.2, 0.25) is 0 Å². The van der Waals surface area contributed by atoms with Crippen molar-refractivity contribution in [3.63, 3.8) is 0 Å². The van der Waals surface area contributed by atoms with E-state index in [1.165, 1.54) is 12.1 Å². The van der Waals surface area contributed by atoms with Gasteiger partial charge in [0.1, 0.15) is 0 Å². The van der Waals surface area contributed by atoms with E-state index < -0.39 is 10.0 Å². The van der Waals surface area contributed by atoms with E-state index in [4.69, 9.17) is 4.74 Å². The van der Waals surface area contributed by atoms with E-state index >= 15 is 0 Å². The molecule has 0 aromatic heterocycles. The Labute approximate surface area is 130 Å². The van der Waals surface area contributed by atoms with Gasteiger partial charge < -0.3 is 10.1 Å². The van der Waals surface area contributed by atoms with Gasteiger partial charge in [-0.1, -0.05) is 35.9 Å². The number of benzene rings is 2. The van der Waals surface area contributed by atoms with E-state index in [0.717, 1.165) is 5.56 Å². The normalized spacial score (nSPS) is 12.0. The zero-order chi connectivity index (χ0) is 16.0. The maximum absolute atomic E-state index is 12.3. The lowest BCUT2D eigenvalue weighted by molar-refractivity contribution is 0.327. The molecule has 1 N–H and O–H groups in total. The Hall–Kier alpha value is -2.34. The van der Waals surface area contributed by atoms with Gasteiger partial charge >= 0.3 is 6.02 Å². The van der Waals surface area contributed by atoms with E-state index in [1.807, 2.05) is 25.1 Å². The third-order valence-electron chi connectivity index (χ3n) is 2.83. The monoisotopic (exact) mass is 318 g/mol. The molecule has 0 saturated heterocycles. The zero-order valence-corrected chi connectivity index (χ0v) is 13.3. The van der Waals surface area contributed by atoms with Crippen LogP contribution >= 0.6 is 0 Å². The highest BCUT2D eigenvalue weighted by Crippen LogP contribution is 2.14. The minimum atomic E-state index is -3.82. The van der Waals surface area contributed by atoms with Gasteiger partial charge in [0.05, 0.1) is 11.5 Å². The molecular weight excluding hydrogens is 300 g/mol. The van der Waals surface area contributed by atoms with Gasteiger partial charge in [-0.3, -0.25) is 0 Å². The Bertz CT molecular complexity index is 739. The second-order valence-electron chi connectivity index (χ2n) is 4.61. The van der Waals surface area contributed by atoms with E-state index in [9.17, 15) is 8.42 Å². The van der Waals surface area contributed by atoms with Gasteiger partial charge in [0.15, 0.2) is 0 Å². The van der Waals surface area contributed by atoms with Crippen LogP contribution < -0.4 is 5.32 Å². The molecule has 2 aromatic carbocycles. The number of sulfonamides is 1. The fraction of sp³-hybridized carbons (Fsp3) is 0.188. The first kappa shape index (κ1) is 16.0. The second-order valence-corrected chi connectivity index (χ2v) is 6.21. The number of hydrogen-bond donors (Lipinski definition) is 1. The van der Waals surface area contributed by atoms with Crippen LogP contribution in [0.15, 0.2) is 63.9 Å². The maximum atomic E-state index is 12.3. The first-order valence-electron chi connectivity index (χ1n) is 6.88. The molecule has 22 heavy (non-hydrogen) atoms. The van der Waals surface area contributed by atoms with Crippen LogP contribution in [0.1, 0.15) is 12.5 Å². The molecule has 6 heteroatoms. The summed E-state index contributed by atoms with van der Waals surface area (Å²) in [7, 11) is -3.82. The highest BCUT2D eigenvalue weighted by atomic mass is 32.2. The van der Waals surface area contributed by atoms with Crippen molar-refractivity contribution in [2.45, 2.75) is 18.7 Å². The van der Waals surface area contributed by atoms with Crippen molar-refractivity contribution in [1.82, 2.24) is 0 Å². The Balaban J connectivity index is 2.30. The second kappa shape index (κ2) is 7.09. The lowest BCUT2D eigenvalue weighted by Crippen LogP contribution is -2.18. The van der Waals surface area contributed by atoms with Crippen molar-refractivity contribution in [2.24, 2.45) is 4.40 Å². The van der Waals surface area contributed by atoms with E-state index in [2.05, 4.69) is 9.71 Å². The number of aryl methyl sites for hydroxylation is 1. The Morgan fingerprint density at radius 2 is 1.73 bits per heavy atom. The highest BCUT2D eigenvalue weighted by molar-refractivity contribution is 7.90. The number of nitrogens with zero attached hydrogens (tertiary/aromatic N) is 1. The SMILES string of the molecule is CCO/C(=N/S(=O)(=O)c1ccc(C)cc1)Nc1ccccc1. The third-order valence-corrected chi connectivity index (χ3v) is 4.10. The van der Waals surface area contributed by atoms with Crippen LogP contribution in [0.2, 0.25) is 0 Å². The van der Waals surface area contributed by atoms with Gasteiger partial charge in [-0.2, -0.15) is 8.42 Å². The summed E-state index contributed by atoms with van der Waals surface area (Å²) in [5.74, 6) is 0. The van der Waals surface area contributed by atoms with Crippen LogP contribution in [0.4, 0.5) is 5.69 Å². The number of nitrogens with one attached hydrogen (secondary N) is 1. The average molecular weight is 318 g/mol. The Kier molecular flexibility index (Phi) is 5.16. The van der Waals surface area contributed by atoms with Crippen molar-refractivity contribution >= 4 is 21.7 Å². The summed E-state index contributed by atoms with van der Waals surface area (Å²) in [6, 6.07) is 15.6. The van der Waals surface area contributed by atoms with Crippen LogP contribution in [-0.2, 0) is 14.8 Å². The molecule has 116 valence electrons. The molecule has 0 spiro atoms.